The number of rotatable bonds is 4. The van der Waals surface area contributed by atoms with Crippen molar-refractivity contribution in [1.82, 2.24) is 9.80 Å². The van der Waals surface area contributed by atoms with Gasteiger partial charge >= 0.3 is 6.03 Å². The molecule has 1 unspecified atom stereocenters. The highest BCUT2D eigenvalue weighted by molar-refractivity contribution is 7.80. The first-order valence-electron chi connectivity index (χ1n) is 6.39. The number of piperidine rings is 1. The Morgan fingerprint density at radius 1 is 1.41 bits per heavy atom. The highest BCUT2D eigenvalue weighted by Crippen LogP contribution is 2.12. The van der Waals surface area contributed by atoms with Crippen molar-refractivity contribution in [2.45, 2.75) is 33.1 Å². The van der Waals surface area contributed by atoms with Crippen LogP contribution < -0.4 is 5.73 Å². The first-order valence-corrected chi connectivity index (χ1v) is 6.80. The van der Waals surface area contributed by atoms with Crippen molar-refractivity contribution in [2.75, 3.05) is 26.2 Å². The van der Waals surface area contributed by atoms with Gasteiger partial charge in [-0.15, -0.1) is 0 Å². The van der Waals surface area contributed by atoms with Crippen molar-refractivity contribution in [3.8, 4) is 0 Å². The molecular formula is C12H23N3OS. The lowest BCUT2D eigenvalue weighted by Crippen LogP contribution is -2.47. The fourth-order valence-corrected chi connectivity index (χ4v) is 2.12. The van der Waals surface area contributed by atoms with E-state index in [-0.39, 0.29) is 11.9 Å². The van der Waals surface area contributed by atoms with Crippen LogP contribution in [0.3, 0.4) is 0 Å². The Balaban J connectivity index is 2.53. The number of hydrogen-bond donors (Lipinski definition) is 1. The summed E-state index contributed by atoms with van der Waals surface area (Å²) in [4.78, 5) is 16.5. The van der Waals surface area contributed by atoms with Gasteiger partial charge in [0.25, 0.3) is 0 Å². The third-order valence-corrected chi connectivity index (χ3v) is 3.66. The highest BCUT2D eigenvalue weighted by atomic mass is 32.1. The van der Waals surface area contributed by atoms with Crippen molar-refractivity contribution >= 4 is 23.2 Å². The van der Waals surface area contributed by atoms with Gasteiger partial charge in [-0.05, 0) is 26.2 Å². The van der Waals surface area contributed by atoms with Gasteiger partial charge in [-0.2, -0.15) is 0 Å². The Morgan fingerprint density at radius 3 is 2.47 bits per heavy atom. The van der Waals surface area contributed by atoms with Gasteiger partial charge in [0.15, 0.2) is 0 Å². The van der Waals surface area contributed by atoms with E-state index in [1.165, 1.54) is 6.42 Å². The van der Waals surface area contributed by atoms with Crippen LogP contribution in [-0.2, 0) is 0 Å². The van der Waals surface area contributed by atoms with E-state index in [9.17, 15) is 4.79 Å². The molecule has 1 atom stereocenters. The van der Waals surface area contributed by atoms with Gasteiger partial charge in [0, 0.05) is 32.1 Å². The number of carbonyl (C=O) groups is 1. The number of thiocarbonyl (C=S) groups is 1. The van der Waals surface area contributed by atoms with Gasteiger partial charge in [0.1, 0.15) is 0 Å². The Kier molecular flexibility index (Phi) is 5.68. The second kappa shape index (κ2) is 6.79. The minimum absolute atomic E-state index is 0.0821. The smallest absolute Gasteiger partial charge is 0.320 e. The molecule has 0 aromatic carbocycles. The topological polar surface area (TPSA) is 49.6 Å². The molecule has 1 heterocycles. The molecule has 1 aliphatic heterocycles. The van der Waals surface area contributed by atoms with E-state index in [0.29, 0.717) is 18.1 Å². The number of carbonyl (C=O) groups excluding carboxylic acids is 1. The van der Waals surface area contributed by atoms with Gasteiger partial charge in [-0.3, -0.25) is 0 Å². The fraction of sp³-hybridized carbons (Fsp3) is 0.833. The molecule has 5 heteroatoms. The monoisotopic (exact) mass is 257 g/mol. The zero-order chi connectivity index (χ0) is 12.8. The largest absolute Gasteiger partial charge is 0.393 e. The van der Waals surface area contributed by atoms with E-state index in [1.807, 2.05) is 23.6 Å². The second-order valence-electron chi connectivity index (χ2n) is 4.67. The molecule has 2 N–H and O–H groups in total. The zero-order valence-corrected chi connectivity index (χ0v) is 11.6. The van der Waals surface area contributed by atoms with Crippen LogP contribution in [-0.4, -0.2) is 47.0 Å². The maximum atomic E-state index is 12.3. The first-order chi connectivity index (χ1) is 8.06. The van der Waals surface area contributed by atoms with Crippen molar-refractivity contribution in [3.05, 3.63) is 0 Å². The molecule has 0 radical (unpaired) electrons. The molecule has 0 saturated carbocycles. The molecule has 0 aromatic heterocycles. The Hall–Kier alpha value is -0.840. The summed E-state index contributed by atoms with van der Waals surface area (Å²) in [5.41, 5.74) is 5.60. The number of hydrogen-bond acceptors (Lipinski definition) is 2. The van der Waals surface area contributed by atoms with Crippen molar-refractivity contribution in [1.29, 1.82) is 0 Å². The normalized spacial score (nSPS) is 17.6. The van der Waals surface area contributed by atoms with E-state index < -0.39 is 0 Å². The summed E-state index contributed by atoms with van der Waals surface area (Å²) < 4.78 is 0. The lowest BCUT2D eigenvalue weighted by atomic mass is 10.1. The fourth-order valence-electron chi connectivity index (χ4n) is 2.05. The molecule has 0 aliphatic carbocycles. The van der Waals surface area contributed by atoms with Crippen LogP contribution in [0.5, 0.6) is 0 Å². The van der Waals surface area contributed by atoms with E-state index in [0.717, 1.165) is 25.9 Å². The minimum Gasteiger partial charge on any atom is -0.393 e. The van der Waals surface area contributed by atoms with Crippen LogP contribution >= 0.6 is 12.2 Å². The molecule has 1 saturated heterocycles. The van der Waals surface area contributed by atoms with Crippen LogP contribution in [0, 0.1) is 5.92 Å². The summed E-state index contributed by atoms with van der Waals surface area (Å²) in [5.74, 6) is 0.0821. The average Bonchev–Trinajstić information content (AvgIpc) is 2.35. The molecule has 98 valence electrons. The quantitative estimate of drug-likeness (QED) is 0.782. The maximum absolute atomic E-state index is 12.3. The van der Waals surface area contributed by atoms with Crippen LogP contribution in [0.4, 0.5) is 4.79 Å². The summed E-state index contributed by atoms with van der Waals surface area (Å²) in [5, 5.41) is 0. The molecule has 1 aliphatic rings. The van der Waals surface area contributed by atoms with E-state index >= 15 is 0 Å². The molecule has 4 nitrogen and oxygen atoms in total. The Morgan fingerprint density at radius 2 is 2.00 bits per heavy atom. The number of nitrogens with zero attached hydrogens (tertiary/aromatic N) is 2. The van der Waals surface area contributed by atoms with Crippen molar-refractivity contribution in [3.63, 3.8) is 0 Å². The van der Waals surface area contributed by atoms with Gasteiger partial charge < -0.3 is 15.5 Å². The van der Waals surface area contributed by atoms with E-state index in [2.05, 4.69) is 0 Å². The maximum Gasteiger partial charge on any atom is 0.320 e. The van der Waals surface area contributed by atoms with Crippen LogP contribution in [0.2, 0.25) is 0 Å². The Labute approximate surface area is 109 Å². The predicted molar refractivity (Wildman–Crippen MR) is 74.0 cm³/mol. The molecular weight excluding hydrogens is 234 g/mol. The summed E-state index contributed by atoms with van der Waals surface area (Å²) in [6.45, 7) is 7.07. The molecule has 2 amide bonds. The molecule has 0 aromatic rings. The zero-order valence-electron chi connectivity index (χ0n) is 10.8. The Bertz CT molecular complexity index is 277. The molecule has 0 spiro atoms. The summed E-state index contributed by atoms with van der Waals surface area (Å²) in [7, 11) is 0. The third kappa shape index (κ3) is 4.15. The summed E-state index contributed by atoms with van der Waals surface area (Å²) in [6.07, 6.45) is 3.47. The van der Waals surface area contributed by atoms with Crippen molar-refractivity contribution in [2.24, 2.45) is 11.7 Å². The molecule has 1 fully saturated rings. The van der Waals surface area contributed by atoms with E-state index in [1.54, 1.807) is 0 Å². The van der Waals surface area contributed by atoms with Gasteiger partial charge in [-0.1, -0.05) is 19.1 Å². The summed E-state index contributed by atoms with van der Waals surface area (Å²) in [6, 6.07) is 0.135. The number of amides is 2. The van der Waals surface area contributed by atoms with Crippen LogP contribution in [0.15, 0.2) is 0 Å². The predicted octanol–water partition coefficient (Wildman–Crippen LogP) is 1.84. The lowest BCUT2D eigenvalue weighted by Gasteiger charge is -2.33. The number of nitrogens with two attached hydrogens (primary N) is 1. The van der Waals surface area contributed by atoms with Gasteiger partial charge in [0.05, 0.1) is 4.99 Å². The second-order valence-corrected chi connectivity index (χ2v) is 5.14. The van der Waals surface area contributed by atoms with Crippen LogP contribution in [0.1, 0.15) is 33.1 Å². The number of likely N-dealkylation sites (tertiary alicyclic amines) is 1. The SMILES string of the molecule is CCN(CC(C)C(N)=S)C(=O)N1CCCCC1. The third-order valence-electron chi connectivity index (χ3n) is 3.26. The van der Waals surface area contributed by atoms with Gasteiger partial charge in [0.2, 0.25) is 0 Å². The standard InChI is InChI=1S/C12H23N3OS/c1-3-14(9-10(2)11(13)17)12(16)15-7-5-4-6-8-15/h10H,3-9H2,1-2H3,(H2,13,17). The van der Waals surface area contributed by atoms with E-state index in [4.69, 9.17) is 18.0 Å². The average molecular weight is 257 g/mol. The lowest BCUT2D eigenvalue weighted by molar-refractivity contribution is 0.143. The van der Waals surface area contributed by atoms with Crippen molar-refractivity contribution < 1.29 is 4.79 Å². The summed E-state index contributed by atoms with van der Waals surface area (Å²) >= 11 is 4.95. The first kappa shape index (κ1) is 14.2. The highest BCUT2D eigenvalue weighted by Gasteiger charge is 2.23. The molecule has 1 rings (SSSR count). The number of urea groups is 1. The minimum atomic E-state index is 0.0821. The van der Waals surface area contributed by atoms with Gasteiger partial charge in [-0.25, -0.2) is 4.79 Å². The van der Waals surface area contributed by atoms with Crippen LogP contribution in [0.25, 0.3) is 0 Å². The molecule has 17 heavy (non-hydrogen) atoms. The molecule has 0 bridgehead atoms.